The molecule has 1 aromatic heterocycles. The van der Waals surface area contributed by atoms with Crippen molar-refractivity contribution < 1.29 is 9.59 Å². The first-order chi connectivity index (χ1) is 11.1. The van der Waals surface area contributed by atoms with E-state index in [0.29, 0.717) is 18.9 Å². The van der Waals surface area contributed by atoms with Crippen LogP contribution in [-0.4, -0.2) is 56.8 Å². The summed E-state index contributed by atoms with van der Waals surface area (Å²) in [5.74, 6) is 0.299. The van der Waals surface area contributed by atoms with Crippen molar-refractivity contribution in [3.05, 3.63) is 24.3 Å². The quantitative estimate of drug-likeness (QED) is 0.831. The minimum atomic E-state index is -0.406. The Morgan fingerprint density at radius 1 is 1.12 bits per heavy atom. The number of hydrogen-bond donors (Lipinski definition) is 0. The van der Waals surface area contributed by atoms with E-state index in [1.54, 1.807) is 18.5 Å². The van der Waals surface area contributed by atoms with Gasteiger partial charge in [-0.1, -0.05) is 20.8 Å². The molecule has 0 aliphatic carbocycles. The van der Waals surface area contributed by atoms with Crippen LogP contribution in [0, 0.1) is 5.41 Å². The van der Waals surface area contributed by atoms with Crippen LogP contribution in [-0.2, 0) is 9.59 Å². The van der Waals surface area contributed by atoms with Gasteiger partial charge >= 0.3 is 0 Å². The number of rotatable bonds is 2. The fourth-order valence-corrected chi connectivity index (χ4v) is 3.27. The Morgan fingerprint density at radius 3 is 2.08 bits per heavy atom. The lowest BCUT2D eigenvalue weighted by molar-refractivity contribution is -0.151. The monoisotopic (exact) mass is 332 g/mol. The second-order valence-corrected chi connectivity index (χ2v) is 7.73. The molecule has 1 saturated heterocycles. The molecule has 0 spiro atoms. The molecule has 1 aliphatic rings. The average molecular weight is 332 g/mol. The van der Waals surface area contributed by atoms with E-state index in [0.717, 1.165) is 0 Å². The Labute approximate surface area is 144 Å². The number of hydrogen-bond acceptors (Lipinski definition) is 4. The molecule has 3 atom stereocenters. The van der Waals surface area contributed by atoms with Crippen molar-refractivity contribution >= 4 is 11.8 Å². The summed E-state index contributed by atoms with van der Waals surface area (Å²) in [5, 5.41) is 0. The van der Waals surface area contributed by atoms with E-state index in [1.165, 1.54) is 0 Å². The largest absolute Gasteiger partial charge is 0.338 e. The highest BCUT2D eigenvalue weighted by Crippen LogP contribution is 2.25. The highest BCUT2D eigenvalue weighted by atomic mass is 16.2. The molecule has 2 heterocycles. The van der Waals surface area contributed by atoms with Crippen molar-refractivity contribution in [3.63, 3.8) is 0 Å². The number of nitrogens with zero attached hydrogens (tertiary/aromatic N) is 4. The zero-order chi connectivity index (χ0) is 18.1. The third-order valence-electron chi connectivity index (χ3n) is 4.45. The number of carbonyl (C=O) groups is 2. The van der Waals surface area contributed by atoms with Crippen LogP contribution in [0.1, 0.15) is 53.3 Å². The number of piperazine rings is 1. The fourth-order valence-electron chi connectivity index (χ4n) is 3.27. The zero-order valence-electron chi connectivity index (χ0n) is 15.5. The minimum Gasteiger partial charge on any atom is -0.338 e. The molecule has 0 saturated carbocycles. The van der Waals surface area contributed by atoms with Crippen LogP contribution >= 0.6 is 0 Å². The number of amides is 2. The van der Waals surface area contributed by atoms with E-state index < -0.39 is 5.41 Å². The van der Waals surface area contributed by atoms with Gasteiger partial charge in [0.2, 0.25) is 11.8 Å². The predicted octanol–water partition coefficient (Wildman–Crippen LogP) is 2.07. The lowest BCUT2D eigenvalue weighted by atomic mass is 9.93. The van der Waals surface area contributed by atoms with E-state index in [1.807, 2.05) is 51.3 Å². The highest BCUT2D eigenvalue weighted by molar-refractivity contribution is 5.84. The number of aromatic nitrogens is 2. The molecule has 0 bridgehead atoms. The Kier molecular flexibility index (Phi) is 5.26. The zero-order valence-corrected chi connectivity index (χ0v) is 15.5. The maximum Gasteiger partial charge on any atom is 0.233 e. The van der Waals surface area contributed by atoms with Gasteiger partial charge in [0.15, 0.2) is 0 Å². The first kappa shape index (κ1) is 18.4. The molecular weight excluding hydrogens is 304 g/mol. The van der Waals surface area contributed by atoms with Crippen LogP contribution in [0.4, 0.5) is 0 Å². The van der Waals surface area contributed by atoms with E-state index in [4.69, 9.17) is 0 Å². The third kappa shape index (κ3) is 3.74. The summed E-state index contributed by atoms with van der Waals surface area (Å²) in [5.41, 5.74) is -0.406. The molecule has 1 aromatic rings. The number of carbonyl (C=O) groups excluding carboxylic acids is 2. The first-order valence-electron chi connectivity index (χ1n) is 8.51. The highest BCUT2D eigenvalue weighted by Gasteiger charge is 2.39. The van der Waals surface area contributed by atoms with Gasteiger partial charge in [-0.15, -0.1) is 0 Å². The maximum absolute atomic E-state index is 12.9. The summed E-state index contributed by atoms with van der Waals surface area (Å²) in [4.78, 5) is 37.6. The normalized spacial score (nSPS) is 23.1. The van der Waals surface area contributed by atoms with Crippen LogP contribution in [0.15, 0.2) is 18.5 Å². The van der Waals surface area contributed by atoms with Gasteiger partial charge in [-0.05, 0) is 26.8 Å². The Bertz CT molecular complexity index is 585. The molecule has 1 fully saturated rings. The van der Waals surface area contributed by atoms with Crippen LogP contribution in [0.5, 0.6) is 0 Å². The van der Waals surface area contributed by atoms with Gasteiger partial charge in [0.1, 0.15) is 5.82 Å². The van der Waals surface area contributed by atoms with E-state index in [-0.39, 0.29) is 29.8 Å². The summed E-state index contributed by atoms with van der Waals surface area (Å²) in [6.45, 7) is 12.7. The van der Waals surface area contributed by atoms with Crippen molar-refractivity contribution in [2.45, 2.75) is 59.5 Å². The molecule has 1 aliphatic heterocycles. The summed E-state index contributed by atoms with van der Waals surface area (Å²) in [7, 11) is 0. The standard InChI is InChI=1S/C18H28N4O2/c1-12-10-21(17(24)18(4,5)6)11-13(2)22(12)16(23)14(3)15-19-8-7-9-20-15/h7-9,12-14H,10-11H2,1-6H3/t12-,13-,14-/m0/s1. The molecule has 2 rings (SSSR count). The summed E-state index contributed by atoms with van der Waals surface area (Å²) >= 11 is 0. The molecule has 24 heavy (non-hydrogen) atoms. The van der Waals surface area contributed by atoms with Crippen LogP contribution in [0.3, 0.4) is 0 Å². The molecule has 0 radical (unpaired) electrons. The van der Waals surface area contributed by atoms with Gasteiger partial charge in [-0.25, -0.2) is 9.97 Å². The average Bonchev–Trinajstić information content (AvgIpc) is 2.52. The molecule has 0 unspecified atom stereocenters. The maximum atomic E-state index is 12.9. The van der Waals surface area contributed by atoms with Gasteiger partial charge in [0.05, 0.1) is 5.92 Å². The van der Waals surface area contributed by atoms with Crippen molar-refractivity contribution in [1.29, 1.82) is 0 Å². The lowest BCUT2D eigenvalue weighted by Gasteiger charge is -2.46. The smallest absolute Gasteiger partial charge is 0.233 e. The van der Waals surface area contributed by atoms with E-state index >= 15 is 0 Å². The van der Waals surface area contributed by atoms with Gasteiger partial charge in [0, 0.05) is 43.0 Å². The fraction of sp³-hybridized carbons (Fsp3) is 0.667. The second-order valence-electron chi connectivity index (χ2n) is 7.73. The van der Waals surface area contributed by atoms with E-state index in [2.05, 4.69) is 9.97 Å². The van der Waals surface area contributed by atoms with Crippen LogP contribution in [0.2, 0.25) is 0 Å². The summed E-state index contributed by atoms with van der Waals surface area (Å²) < 4.78 is 0. The van der Waals surface area contributed by atoms with Crippen molar-refractivity contribution in [2.75, 3.05) is 13.1 Å². The Balaban J connectivity index is 2.13. The molecule has 6 nitrogen and oxygen atoms in total. The van der Waals surface area contributed by atoms with Crippen LogP contribution in [0.25, 0.3) is 0 Å². The third-order valence-corrected chi connectivity index (χ3v) is 4.45. The SMILES string of the molecule is C[C@H](C(=O)N1[C@@H](C)CN(C(=O)C(C)(C)C)C[C@@H]1C)c1ncccn1. The van der Waals surface area contributed by atoms with Crippen molar-refractivity contribution in [1.82, 2.24) is 19.8 Å². The second kappa shape index (κ2) is 6.87. The molecular formula is C18H28N4O2. The Hall–Kier alpha value is -1.98. The van der Waals surface area contributed by atoms with E-state index in [9.17, 15) is 9.59 Å². The van der Waals surface area contributed by atoms with Gasteiger partial charge < -0.3 is 9.80 Å². The molecule has 132 valence electrons. The lowest BCUT2D eigenvalue weighted by Crippen LogP contribution is -2.61. The molecule has 0 N–H and O–H groups in total. The molecule has 6 heteroatoms. The predicted molar refractivity (Wildman–Crippen MR) is 92.3 cm³/mol. The molecule has 0 aromatic carbocycles. The van der Waals surface area contributed by atoms with Crippen molar-refractivity contribution in [2.24, 2.45) is 5.41 Å². The van der Waals surface area contributed by atoms with Crippen LogP contribution < -0.4 is 0 Å². The van der Waals surface area contributed by atoms with Crippen molar-refractivity contribution in [3.8, 4) is 0 Å². The first-order valence-corrected chi connectivity index (χ1v) is 8.51. The Morgan fingerprint density at radius 2 is 1.62 bits per heavy atom. The topological polar surface area (TPSA) is 66.4 Å². The summed E-state index contributed by atoms with van der Waals surface area (Å²) in [6, 6.07) is 1.68. The van der Waals surface area contributed by atoms with Gasteiger partial charge in [-0.2, -0.15) is 0 Å². The minimum absolute atomic E-state index is 0.0176. The summed E-state index contributed by atoms with van der Waals surface area (Å²) in [6.07, 6.45) is 3.30. The molecule has 2 amide bonds. The van der Waals surface area contributed by atoms with Gasteiger partial charge in [-0.3, -0.25) is 9.59 Å². The van der Waals surface area contributed by atoms with Gasteiger partial charge in [0.25, 0.3) is 0 Å².